The van der Waals surface area contributed by atoms with Gasteiger partial charge in [-0.1, -0.05) is 18.2 Å². The molecule has 3 heterocycles. The second-order valence-electron chi connectivity index (χ2n) is 6.77. The molecule has 0 fully saturated rings. The van der Waals surface area contributed by atoms with Crippen LogP contribution in [-0.4, -0.2) is 26.7 Å². The zero-order chi connectivity index (χ0) is 18.6. The van der Waals surface area contributed by atoms with E-state index in [-0.39, 0.29) is 11.9 Å². The molecule has 0 bridgehead atoms. The molecular weight excluding hydrogens is 340 g/mol. The van der Waals surface area contributed by atoms with E-state index in [4.69, 9.17) is 4.42 Å². The number of nitrogens with zero attached hydrogens (tertiary/aromatic N) is 2. The summed E-state index contributed by atoms with van der Waals surface area (Å²) in [6.07, 6.45) is 5.31. The highest BCUT2D eigenvalue weighted by molar-refractivity contribution is 5.92. The van der Waals surface area contributed by atoms with Gasteiger partial charge in [-0.2, -0.15) is 5.10 Å². The third-order valence-electron chi connectivity index (χ3n) is 4.67. The lowest BCUT2D eigenvalue weighted by atomic mass is 10.1. The zero-order valence-electron chi connectivity index (χ0n) is 15.2. The number of nitrogens with one attached hydrogen (secondary N) is 2. The van der Waals surface area contributed by atoms with Gasteiger partial charge in [0.25, 0.3) is 5.91 Å². The number of carbonyl (C=O) groups excluding carboxylic acids is 1. The number of hydrogen-bond donors (Lipinski definition) is 2. The molecule has 0 saturated heterocycles. The number of para-hydroxylation sites is 1. The van der Waals surface area contributed by atoms with Crippen molar-refractivity contribution in [1.82, 2.24) is 20.1 Å². The van der Waals surface area contributed by atoms with Crippen molar-refractivity contribution in [3.63, 3.8) is 0 Å². The van der Waals surface area contributed by atoms with Gasteiger partial charge in [0.15, 0.2) is 0 Å². The van der Waals surface area contributed by atoms with Gasteiger partial charge >= 0.3 is 0 Å². The molecule has 4 aromatic rings. The summed E-state index contributed by atoms with van der Waals surface area (Å²) in [4.78, 5) is 12.4. The van der Waals surface area contributed by atoms with E-state index in [0.29, 0.717) is 12.2 Å². The molecule has 0 spiro atoms. The van der Waals surface area contributed by atoms with Crippen molar-refractivity contribution in [2.45, 2.75) is 32.4 Å². The Morgan fingerprint density at radius 1 is 1.26 bits per heavy atom. The molecule has 3 aromatic heterocycles. The lowest BCUT2D eigenvalue weighted by Gasteiger charge is -2.11. The number of fused-ring (bicyclic) bond motifs is 1. The van der Waals surface area contributed by atoms with Crippen molar-refractivity contribution in [3.8, 4) is 0 Å². The number of benzene rings is 1. The largest absolute Gasteiger partial charge is 0.469 e. The van der Waals surface area contributed by atoms with E-state index in [1.54, 1.807) is 6.26 Å². The fourth-order valence-electron chi connectivity index (χ4n) is 3.20. The van der Waals surface area contributed by atoms with E-state index in [1.807, 2.05) is 43.5 Å². The van der Waals surface area contributed by atoms with E-state index in [9.17, 15) is 4.79 Å². The van der Waals surface area contributed by atoms with E-state index < -0.39 is 0 Å². The molecule has 0 radical (unpaired) electrons. The van der Waals surface area contributed by atoms with E-state index >= 15 is 0 Å². The number of aromatic nitrogens is 3. The molecule has 4 rings (SSSR count). The highest BCUT2D eigenvalue weighted by atomic mass is 16.3. The minimum absolute atomic E-state index is 0.0381. The van der Waals surface area contributed by atoms with Crippen LogP contribution in [0.15, 0.2) is 65.4 Å². The Hall–Kier alpha value is -3.28. The summed E-state index contributed by atoms with van der Waals surface area (Å²) in [5.74, 6) is 0.763. The average Bonchev–Trinajstić information content (AvgIpc) is 3.42. The Balaban J connectivity index is 1.36. The number of hydrogen-bond acceptors (Lipinski definition) is 3. The minimum atomic E-state index is -0.165. The third kappa shape index (κ3) is 3.95. The van der Waals surface area contributed by atoms with Gasteiger partial charge in [0.1, 0.15) is 11.5 Å². The second-order valence-corrected chi connectivity index (χ2v) is 6.77. The van der Waals surface area contributed by atoms with Gasteiger partial charge in [0, 0.05) is 24.2 Å². The van der Waals surface area contributed by atoms with Crippen molar-refractivity contribution < 1.29 is 9.21 Å². The molecule has 1 atom stereocenters. The first-order chi connectivity index (χ1) is 13.2. The van der Waals surface area contributed by atoms with Crippen LogP contribution in [0, 0.1) is 0 Å². The number of aromatic amines is 1. The predicted molar refractivity (Wildman–Crippen MR) is 104 cm³/mol. The molecule has 1 aromatic carbocycles. The standard InChI is InChI=1S/C21H22N4O2/c1-15(8-9-18-6-4-12-27-18)22-21(26)19-13-17(23-24-19)14-25-11-10-16-5-2-3-7-20(16)25/h2-7,10-13,15H,8-9,14H2,1H3,(H,22,26)(H,23,24)/t15-/m0/s1. The maximum absolute atomic E-state index is 12.4. The van der Waals surface area contributed by atoms with Gasteiger partial charge < -0.3 is 14.3 Å². The lowest BCUT2D eigenvalue weighted by Crippen LogP contribution is -2.33. The molecule has 0 aliphatic heterocycles. The highest BCUT2D eigenvalue weighted by Crippen LogP contribution is 2.16. The van der Waals surface area contributed by atoms with Crippen LogP contribution in [0.25, 0.3) is 10.9 Å². The summed E-state index contributed by atoms with van der Waals surface area (Å²) in [6.45, 7) is 2.63. The zero-order valence-corrected chi connectivity index (χ0v) is 15.2. The van der Waals surface area contributed by atoms with Crippen molar-refractivity contribution in [3.05, 3.63) is 78.1 Å². The van der Waals surface area contributed by atoms with Crippen LogP contribution >= 0.6 is 0 Å². The fraction of sp³-hybridized carbons (Fsp3) is 0.238. The van der Waals surface area contributed by atoms with Gasteiger partial charge in [-0.25, -0.2) is 0 Å². The predicted octanol–water partition coefficient (Wildman–Crippen LogP) is 3.76. The third-order valence-corrected chi connectivity index (χ3v) is 4.67. The van der Waals surface area contributed by atoms with Crippen LogP contribution in [0.1, 0.15) is 35.3 Å². The number of rotatable bonds is 7. The summed E-state index contributed by atoms with van der Waals surface area (Å²) in [5.41, 5.74) is 2.46. The molecule has 138 valence electrons. The smallest absolute Gasteiger partial charge is 0.271 e. The number of carbonyl (C=O) groups is 1. The minimum Gasteiger partial charge on any atom is -0.469 e. The maximum atomic E-state index is 12.4. The lowest BCUT2D eigenvalue weighted by molar-refractivity contribution is 0.0933. The molecular formula is C21H22N4O2. The number of furan rings is 1. The first-order valence-corrected chi connectivity index (χ1v) is 9.10. The van der Waals surface area contributed by atoms with Crippen LogP contribution in [-0.2, 0) is 13.0 Å². The normalized spacial score (nSPS) is 12.3. The van der Waals surface area contributed by atoms with Crippen molar-refractivity contribution in [2.75, 3.05) is 0 Å². The molecule has 6 heteroatoms. The quantitative estimate of drug-likeness (QED) is 0.526. The summed E-state index contributed by atoms with van der Waals surface area (Å²) in [5, 5.41) is 11.3. The first kappa shape index (κ1) is 17.1. The molecule has 27 heavy (non-hydrogen) atoms. The average molecular weight is 362 g/mol. The van der Waals surface area contributed by atoms with Gasteiger partial charge in [0.05, 0.1) is 18.5 Å². The van der Waals surface area contributed by atoms with Crippen LogP contribution in [0.4, 0.5) is 0 Å². The first-order valence-electron chi connectivity index (χ1n) is 9.10. The fourth-order valence-corrected chi connectivity index (χ4v) is 3.20. The van der Waals surface area contributed by atoms with Crippen LogP contribution < -0.4 is 5.32 Å². The van der Waals surface area contributed by atoms with Gasteiger partial charge in [0.2, 0.25) is 0 Å². The molecule has 0 unspecified atom stereocenters. The molecule has 0 aliphatic rings. The monoisotopic (exact) mass is 362 g/mol. The van der Waals surface area contributed by atoms with Gasteiger partial charge in [-0.05, 0) is 49.1 Å². The topological polar surface area (TPSA) is 75.8 Å². The molecule has 2 N–H and O–H groups in total. The summed E-state index contributed by atoms with van der Waals surface area (Å²) in [7, 11) is 0. The molecule has 6 nitrogen and oxygen atoms in total. The van der Waals surface area contributed by atoms with Crippen molar-refractivity contribution in [2.24, 2.45) is 0 Å². The Morgan fingerprint density at radius 3 is 3.00 bits per heavy atom. The van der Waals surface area contributed by atoms with Gasteiger partial charge in [-0.15, -0.1) is 0 Å². The number of amides is 1. The summed E-state index contributed by atoms with van der Waals surface area (Å²) < 4.78 is 7.46. The number of H-pyrrole nitrogens is 1. The van der Waals surface area contributed by atoms with Gasteiger partial charge in [-0.3, -0.25) is 9.89 Å². The highest BCUT2D eigenvalue weighted by Gasteiger charge is 2.14. The van der Waals surface area contributed by atoms with E-state index in [0.717, 1.165) is 29.8 Å². The maximum Gasteiger partial charge on any atom is 0.271 e. The van der Waals surface area contributed by atoms with E-state index in [2.05, 4.69) is 38.3 Å². The molecule has 1 amide bonds. The van der Waals surface area contributed by atoms with Crippen LogP contribution in [0.5, 0.6) is 0 Å². The Bertz CT molecular complexity index is 1030. The van der Waals surface area contributed by atoms with E-state index in [1.165, 1.54) is 5.39 Å². The van der Waals surface area contributed by atoms with Crippen molar-refractivity contribution >= 4 is 16.8 Å². The second kappa shape index (κ2) is 7.53. The Kier molecular flexibility index (Phi) is 4.78. The summed E-state index contributed by atoms with van der Waals surface area (Å²) in [6, 6.07) is 16.0. The SMILES string of the molecule is C[C@@H](CCc1ccco1)NC(=O)c1cc(Cn2ccc3ccccc32)[nH]n1. The Morgan fingerprint density at radius 2 is 2.15 bits per heavy atom. The molecule has 0 saturated carbocycles. The molecule has 0 aliphatic carbocycles. The number of aryl methyl sites for hydroxylation is 1. The summed E-state index contributed by atoms with van der Waals surface area (Å²) >= 11 is 0. The Labute approximate surface area is 157 Å². The van der Waals surface area contributed by atoms with Crippen molar-refractivity contribution in [1.29, 1.82) is 0 Å². The van der Waals surface area contributed by atoms with Crippen LogP contribution in [0.2, 0.25) is 0 Å². The van der Waals surface area contributed by atoms with Crippen LogP contribution in [0.3, 0.4) is 0 Å².